The lowest BCUT2D eigenvalue weighted by Gasteiger charge is -2.16. The van der Waals surface area contributed by atoms with Gasteiger partial charge >= 0.3 is 0 Å². The van der Waals surface area contributed by atoms with Crippen molar-refractivity contribution in [1.82, 2.24) is 3.62 Å². The first-order valence-electron chi connectivity index (χ1n) is 4.56. The molecule has 8 heteroatoms. The molecule has 82 valence electrons. The van der Waals surface area contributed by atoms with E-state index in [2.05, 4.69) is 0 Å². The van der Waals surface area contributed by atoms with Crippen LogP contribution in [-0.4, -0.2) is 39.9 Å². The monoisotopic (exact) mass is 239 g/mol. The molecule has 14 heavy (non-hydrogen) atoms. The van der Waals surface area contributed by atoms with E-state index in [1.54, 1.807) is 0 Å². The third kappa shape index (κ3) is 2.71. The molecular formula is C6H14BNO4S2. The Labute approximate surface area is 86.0 Å². The molecule has 1 fully saturated rings. The molecule has 1 saturated heterocycles. The summed E-state index contributed by atoms with van der Waals surface area (Å²) in [5.41, 5.74) is 0. The Morgan fingerprint density at radius 3 is 1.50 bits per heavy atom. The molecule has 0 aromatic carbocycles. The van der Waals surface area contributed by atoms with Crippen LogP contribution in [0.4, 0.5) is 0 Å². The second-order valence-electron chi connectivity index (χ2n) is 3.43. The van der Waals surface area contributed by atoms with Gasteiger partial charge in [0.25, 0.3) is 0 Å². The Balaban J connectivity index is 3.01. The van der Waals surface area contributed by atoms with E-state index in [0.717, 1.165) is 20.8 Å². The lowest BCUT2D eigenvalue weighted by atomic mass is 10.2. The number of rotatable bonds is 0. The largest absolute Gasteiger partial charge is 0.227 e. The maximum atomic E-state index is 11.5. The number of hydrogen-bond donors (Lipinski definition) is 0. The smallest absolute Gasteiger partial charge is 0.212 e. The molecule has 0 aromatic rings. The lowest BCUT2D eigenvalue weighted by Crippen LogP contribution is -2.37. The van der Waals surface area contributed by atoms with Crippen LogP contribution < -0.4 is 0 Å². The van der Waals surface area contributed by atoms with Gasteiger partial charge in [0.2, 0.25) is 28.0 Å². The Hall–Kier alpha value is -0.0751. The van der Waals surface area contributed by atoms with Crippen molar-refractivity contribution in [3.63, 3.8) is 0 Å². The average molecular weight is 239 g/mol. The molecule has 1 aliphatic rings. The molecule has 0 unspecified atom stereocenters. The van der Waals surface area contributed by atoms with Crippen molar-refractivity contribution in [2.75, 3.05) is 11.5 Å². The highest BCUT2D eigenvalue weighted by Gasteiger charge is 2.29. The SMILES string of the molecule is BN1S(=O)(=O)CCCCCCS1(=O)=O. The zero-order valence-corrected chi connectivity index (χ0v) is 9.77. The molecule has 0 atom stereocenters. The number of hydrogen-bond acceptors (Lipinski definition) is 4. The molecule has 0 bridgehead atoms. The van der Waals surface area contributed by atoms with E-state index in [1.807, 2.05) is 0 Å². The highest BCUT2D eigenvalue weighted by Crippen LogP contribution is 2.14. The second-order valence-corrected chi connectivity index (χ2v) is 7.90. The van der Waals surface area contributed by atoms with E-state index in [0.29, 0.717) is 16.5 Å². The summed E-state index contributed by atoms with van der Waals surface area (Å²) in [4.78, 5) is 0. The maximum Gasteiger partial charge on any atom is 0.227 e. The minimum atomic E-state index is -3.61. The van der Waals surface area contributed by atoms with Gasteiger partial charge in [0.15, 0.2) is 0 Å². The van der Waals surface area contributed by atoms with Gasteiger partial charge in [-0.1, -0.05) is 12.8 Å². The van der Waals surface area contributed by atoms with Crippen molar-refractivity contribution in [3.05, 3.63) is 0 Å². The van der Waals surface area contributed by atoms with Gasteiger partial charge in [0.1, 0.15) is 0 Å². The van der Waals surface area contributed by atoms with Gasteiger partial charge in [-0.2, -0.15) is 3.62 Å². The molecule has 0 N–H and O–H groups in total. The molecule has 0 amide bonds. The molecular weight excluding hydrogens is 225 g/mol. The first kappa shape index (κ1) is 12.0. The normalized spacial score (nSPS) is 28.6. The van der Waals surface area contributed by atoms with Crippen molar-refractivity contribution in [1.29, 1.82) is 0 Å². The van der Waals surface area contributed by atoms with Crippen LogP contribution in [0.1, 0.15) is 25.7 Å². The topological polar surface area (TPSA) is 71.5 Å². The van der Waals surface area contributed by atoms with Crippen LogP contribution in [0, 0.1) is 0 Å². The second kappa shape index (κ2) is 4.20. The average Bonchev–Trinajstić information content (AvgIpc) is 2.11. The lowest BCUT2D eigenvalue weighted by molar-refractivity contribution is 0.552. The van der Waals surface area contributed by atoms with Crippen LogP contribution >= 0.6 is 0 Å². The summed E-state index contributed by atoms with van der Waals surface area (Å²) in [5, 5.41) is 0. The molecule has 5 nitrogen and oxygen atoms in total. The van der Waals surface area contributed by atoms with Gasteiger partial charge in [-0.25, -0.2) is 16.8 Å². The summed E-state index contributed by atoms with van der Waals surface area (Å²) in [5.74, 6) is -0.133. The van der Waals surface area contributed by atoms with E-state index >= 15 is 0 Å². The fraction of sp³-hybridized carbons (Fsp3) is 1.00. The van der Waals surface area contributed by atoms with Crippen LogP contribution in [0.5, 0.6) is 0 Å². The van der Waals surface area contributed by atoms with E-state index in [-0.39, 0.29) is 11.5 Å². The van der Waals surface area contributed by atoms with Gasteiger partial charge in [-0.05, 0) is 12.8 Å². The minimum absolute atomic E-state index is 0.0667. The molecule has 0 aromatic heterocycles. The zero-order valence-electron chi connectivity index (χ0n) is 8.14. The molecule has 0 spiro atoms. The van der Waals surface area contributed by atoms with E-state index in [9.17, 15) is 16.8 Å². The zero-order chi connectivity index (χ0) is 10.8. The fourth-order valence-corrected chi connectivity index (χ4v) is 4.84. The van der Waals surface area contributed by atoms with Crippen LogP contribution in [0.15, 0.2) is 0 Å². The Bertz CT molecular complexity index is 350. The molecule has 0 radical (unpaired) electrons. The quantitative estimate of drug-likeness (QED) is 0.512. The van der Waals surface area contributed by atoms with Crippen molar-refractivity contribution in [2.24, 2.45) is 0 Å². The standard InChI is InChI=1S/C6H14BNO4S2/c7-8-13(9,10)5-3-1-2-4-6-14(8,11)12/h1-7H2. The van der Waals surface area contributed by atoms with E-state index in [1.165, 1.54) is 0 Å². The van der Waals surface area contributed by atoms with Crippen molar-refractivity contribution in [2.45, 2.75) is 25.7 Å². The third-order valence-electron chi connectivity index (χ3n) is 2.34. The number of nitrogens with zero attached hydrogens (tertiary/aromatic N) is 1. The highest BCUT2D eigenvalue weighted by molar-refractivity contribution is 8.05. The Kier molecular flexibility index (Phi) is 3.60. The van der Waals surface area contributed by atoms with E-state index < -0.39 is 20.0 Å². The van der Waals surface area contributed by atoms with Gasteiger partial charge in [0.05, 0.1) is 11.5 Å². The predicted molar refractivity (Wildman–Crippen MR) is 56.4 cm³/mol. The van der Waals surface area contributed by atoms with Gasteiger partial charge in [0, 0.05) is 0 Å². The van der Waals surface area contributed by atoms with Crippen LogP contribution in [0.2, 0.25) is 0 Å². The summed E-state index contributed by atoms with van der Waals surface area (Å²) in [6.07, 6.45) is 2.65. The minimum Gasteiger partial charge on any atom is -0.212 e. The molecule has 1 heterocycles. The van der Waals surface area contributed by atoms with Crippen molar-refractivity contribution < 1.29 is 16.8 Å². The van der Waals surface area contributed by atoms with Crippen LogP contribution in [0.3, 0.4) is 0 Å². The van der Waals surface area contributed by atoms with Gasteiger partial charge in [-0.3, -0.25) is 0 Å². The summed E-state index contributed by atoms with van der Waals surface area (Å²) in [6, 6.07) is 0. The van der Waals surface area contributed by atoms with Crippen molar-refractivity contribution >= 4 is 28.0 Å². The van der Waals surface area contributed by atoms with Gasteiger partial charge < -0.3 is 0 Å². The summed E-state index contributed by atoms with van der Waals surface area (Å²) in [7, 11) is -6.09. The first-order chi connectivity index (χ1) is 6.36. The highest BCUT2D eigenvalue weighted by atomic mass is 32.3. The Morgan fingerprint density at radius 1 is 0.786 bits per heavy atom. The molecule has 1 aliphatic heterocycles. The molecule has 0 saturated carbocycles. The summed E-state index contributed by atoms with van der Waals surface area (Å²) >= 11 is 0. The maximum absolute atomic E-state index is 11.5. The summed E-state index contributed by atoms with van der Waals surface area (Å²) in [6.45, 7) is 0. The van der Waals surface area contributed by atoms with Crippen LogP contribution in [-0.2, 0) is 20.0 Å². The third-order valence-corrected chi connectivity index (χ3v) is 6.88. The number of sulfonamides is 2. The van der Waals surface area contributed by atoms with Crippen molar-refractivity contribution in [3.8, 4) is 0 Å². The Morgan fingerprint density at radius 2 is 1.14 bits per heavy atom. The fourth-order valence-electron chi connectivity index (χ4n) is 1.35. The summed E-state index contributed by atoms with van der Waals surface area (Å²) < 4.78 is 46.4. The van der Waals surface area contributed by atoms with Gasteiger partial charge in [-0.15, -0.1) is 0 Å². The predicted octanol–water partition coefficient (Wildman–Crippen LogP) is -0.930. The van der Waals surface area contributed by atoms with Crippen LogP contribution in [0.25, 0.3) is 0 Å². The molecule has 1 rings (SSSR count). The molecule has 0 aliphatic carbocycles. The van der Waals surface area contributed by atoms with E-state index in [4.69, 9.17) is 0 Å². The first-order valence-corrected chi connectivity index (χ1v) is 7.77.